The van der Waals surface area contributed by atoms with Crippen LogP contribution in [-0.4, -0.2) is 21.8 Å². The monoisotopic (exact) mass is 634 g/mol. The van der Waals surface area contributed by atoms with Crippen molar-refractivity contribution >= 4 is 56.7 Å². The van der Waals surface area contributed by atoms with E-state index < -0.39 is 0 Å². The number of aliphatic hydroxyl groups excluding tert-OH is 2. The lowest BCUT2D eigenvalue weighted by molar-refractivity contribution is -0.673. The number of para-hydroxylation sites is 2. The fraction of sp³-hybridized carbons (Fsp3) is 0.190. The summed E-state index contributed by atoms with van der Waals surface area (Å²) in [6.45, 7) is 5.91. The molecule has 5 aromatic rings. The van der Waals surface area contributed by atoms with Gasteiger partial charge in [0.1, 0.15) is 24.6 Å². The van der Waals surface area contributed by atoms with Crippen molar-refractivity contribution in [1.82, 2.24) is 0 Å². The summed E-state index contributed by atoms with van der Waals surface area (Å²) < 4.78 is 4.39. The molecule has 0 aliphatic heterocycles. The fourth-order valence-corrected chi connectivity index (χ4v) is 6.69. The van der Waals surface area contributed by atoms with Crippen LogP contribution in [0.5, 0.6) is 0 Å². The minimum atomic E-state index is -0.228. The van der Waals surface area contributed by atoms with E-state index in [1.165, 1.54) is 0 Å². The minimum absolute atomic E-state index is 0.0401. The molecule has 0 spiro atoms. The van der Waals surface area contributed by atoms with Gasteiger partial charge in [-0.1, -0.05) is 75.2 Å². The van der Waals surface area contributed by atoms with Crippen LogP contribution in [0.4, 0.5) is 0 Å². The Kier molecular flexibility index (Phi) is 8.32. The van der Waals surface area contributed by atoms with E-state index in [-0.39, 0.29) is 45.4 Å². The van der Waals surface area contributed by atoms with E-state index in [9.17, 15) is 19.8 Å². The quantitative estimate of drug-likeness (QED) is 0.120. The third-order valence-electron chi connectivity index (χ3n) is 9.39. The molecule has 0 unspecified atom stereocenters. The molecule has 2 aliphatic rings. The van der Waals surface area contributed by atoms with Gasteiger partial charge in [0.05, 0.1) is 22.3 Å². The maximum atomic E-state index is 13.3. The van der Waals surface area contributed by atoms with E-state index in [0.717, 1.165) is 72.0 Å². The number of carbonyl (C=O) groups excluding carboxylic acids is 2. The first-order valence-corrected chi connectivity index (χ1v) is 16.7. The molecular formula is C42H38N2O4+2. The first kappa shape index (κ1) is 31.0. The van der Waals surface area contributed by atoms with Crippen LogP contribution in [0.15, 0.2) is 120 Å². The molecule has 0 amide bonds. The van der Waals surface area contributed by atoms with Gasteiger partial charge in [-0.05, 0) is 35.4 Å². The Hall–Kier alpha value is -5.62. The van der Waals surface area contributed by atoms with Crippen LogP contribution in [0.1, 0.15) is 62.0 Å². The van der Waals surface area contributed by atoms with Gasteiger partial charge in [0.15, 0.2) is 0 Å². The molecule has 48 heavy (non-hydrogen) atoms. The lowest BCUT2D eigenvalue weighted by Gasteiger charge is -2.23. The summed E-state index contributed by atoms with van der Waals surface area (Å²) in [5, 5.41) is 24.3. The number of aryl methyl sites for hydroxylation is 2. The minimum Gasteiger partial charge on any atom is -0.506 e. The van der Waals surface area contributed by atoms with Gasteiger partial charge in [0, 0.05) is 60.0 Å². The third-order valence-corrected chi connectivity index (χ3v) is 9.39. The third kappa shape index (κ3) is 5.33. The van der Waals surface area contributed by atoms with Crippen molar-refractivity contribution in [3.63, 3.8) is 0 Å². The molecule has 0 bridgehead atoms. The average molecular weight is 635 g/mol. The zero-order chi connectivity index (χ0) is 33.4. The fourth-order valence-electron chi connectivity index (χ4n) is 6.69. The Morgan fingerprint density at radius 2 is 0.938 bits per heavy atom. The molecule has 2 aliphatic carbocycles. The first-order valence-electron chi connectivity index (χ1n) is 16.7. The molecule has 0 atom stereocenters. The van der Waals surface area contributed by atoms with Crippen LogP contribution >= 0.6 is 0 Å². The summed E-state index contributed by atoms with van der Waals surface area (Å²) in [4.78, 5) is 26.7. The van der Waals surface area contributed by atoms with Gasteiger partial charge < -0.3 is 10.2 Å². The summed E-state index contributed by atoms with van der Waals surface area (Å²) in [7, 11) is 0. The number of hydrogen-bond donors (Lipinski definition) is 2. The second-order valence-corrected chi connectivity index (χ2v) is 12.4. The van der Waals surface area contributed by atoms with Crippen molar-refractivity contribution in [1.29, 1.82) is 0 Å². The predicted octanol–water partition coefficient (Wildman–Crippen LogP) is 8.04. The van der Waals surface area contributed by atoms with Crippen molar-refractivity contribution in [2.24, 2.45) is 0 Å². The van der Waals surface area contributed by atoms with E-state index in [1.807, 2.05) is 48.5 Å². The number of nitrogens with zero attached hydrogens (tertiary/aromatic N) is 2. The molecule has 7 rings (SSSR count). The molecule has 2 N–H and O–H groups in total. The number of aromatic nitrogens is 2. The number of hydrogen-bond acceptors (Lipinski definition) is 4. The number of pyridine rings is 2. The average Bonchev–Trinajstić information content (AvgIpc) is 3.12. The van der Waals surface area contributed by atoms with Crippen LogP contribution in [-0.2, 0) is 22.7 Å². The van der Waals surface area contributed by atoms with Crippen LogP contribution in [0.3, 0.4) is 0 Å². The van der Waals surface area contributed by atoms with Crippen molar-refractivity contribution in [2.75, 3.05) is 0 Å². The predicted molar refractivity (Wildman–Crippen MR) is 190 cm³/mol. The number of aliphatic hydroxyl groups is 2. The topological polar surface area (TPSA) is 82.4 Å². The lowest BCUT2D eigenvalue weighted by Crippen LogP contribution is -2.38. The Bertz CT molecular complexity index is 2090. The van der Waals surface area contributed by atoms with Gasteiger partial charge in [0.2, 0.25) is 34.0 Å². The summed E-state index contributed by atoms with van der Waals surface area (Å²) in [5.41, 5.74) is 6.08. The number of ketones is 2. The van der Waals surface area contributed by atoms with Gasteiger partial charge in [-0.2, -0.15) is 9.13 Å². The van der Waals surface area contributed by atoms with Crippen LogP contribution in [0.2, 0.25) is 0 Å². The van der Waals surface area contributed by atoms with Gasteiger partial charge in [-0.15, -0.1) is 0 Å². The van der Waals surface area contributed by atoms with Crippen molar-refractivity contribution in [2.45, 2.75) is 52.6 Å². The van der Waals surface area contributed by atoms with Crippen molar-refractivity contribution in [3.8, 4) is 0 Å². The second kappa shape index (κ2) is 12.9. The number of Topliss-reactive ketones (excluding diaryl/α,β-unsaturated/α-hetero) is 2. The largest absolute Gasteiger partial charge is 0.506 e. The lowest BCUT2D eigenvalue weighted by atomic mass is 9.80. The molecule has 238 valence electrons. The number of allylic oxidation sites excluding steroid dienone is 4. The van der Waals surface area contributed by atoms with Gasteiger partial charge in [-0.25, -0.2) is 0 Å². The van der Waals surface area contributed by atoms with E-state index in [1.54, 1.807) is 36.4 Å². The van der Waals surface area contributed by atoms with E-state index in [2.05, 4.69) is 47.2 Å². The van der Waals surface area contributed by atoms with E-state index in [0.29, 0.717) is 11.1 Å². The van der Waals surface area contributed by atoms with Crippen molar-refractivity contribution in [3.05, 3.63) is 142 Å². The number of rotatable bonds is 10. The first-order chi connectivity index (χ1) is 23.4. The van der Waals surface area contributed by atoms with Gasteiger partial charge in [0.25, 0.3) is 0 Å². The van der Waals surface area contributed by atoms with Crippen LogP contribution in [0.25, 0.3) is 45.1 Å². The highest BCUT2D eigenvalue weighted by atomic mass is 16.3. The molecule has 0 saturated heterocycles. The van der Waals surface area contributed by atoms with Crippen LogP contribution in [0, 0.1) is 0 Å². The maximum absolute atomic E-state index is 13.3. The molecule has 0 radical (unpaired) electrons. The van der Waals surface area contributed by atoms with Crippen molar-refractivity contribution < 1.29 is 28.9 Å². The Balaban J connectivity index is 1.16. The highest BCUT2D eigenvalue weighted by molar-refractivity contribution is 6.41. The summed E-state index contributed by atoms with van der Waals surface area (Å²) in [6.07, 6.45) is 7.61. The molecule has 3 aromatic carbocycles. The number of fused-ring (bicyclic) bond motifs is 2. The summed E-state index contributed by atoms with van der Waals surface area (Å²) >= 11 is 0. The van der Waals surface area contributed by atoms with Crippen LogP contribution < -0.4 is 9.13 Å². The summed E-state index contributed by atoms with van der Waals surface area (Å²) in [5.74, 6) is -0.535. The molecule has 2 heterocycles. The number of unbranched alkanes of at least 4 members (excludes halogenated alkanes) is 2. The normalized spacial score (nSPS) is 16.4. The number of carbonyl (C=O) groups is 2. The second-order valence-electron chi connectivity index (χ2n) is 12.4. The molecule has 0 fully saturated rings. The highest BCUT2D eigenvalue weighted by Gasteiger charge is 2.38. The van der Waals surface area contributed by atoms with E-state index >= 15 is 0 Å². The Labute approximate surface area is 279 Å². The van der Waals surface area contributed by atoms with E-state index in [4.69, 9.17) is 0 Å². The number of benzene rings is 3. The zero-order valence-corrected chi connectivity index (χ0v) is 27.2. The highest BCUT2D eigenvalue weighted by Crippen LogP contribution is 2.40. The smallest absolute Gasteiger partial charge is 0.212 e. The molecule has 6 heteroatoms. The van der Waals surface area contributed by atoms with Gasteiger partial charge in [-0.3, -0.25) is 9.59 Å². The maximum Gasteiger partial charge on any atom is 0.212 e. The molecule has 0 saturated carbocycles. The van der Waals surface area contributed by atoms with Gasteiger partial charge >= 0.3 is 0 Å². The molecular weight excluding hydrogens is 596 g/mol. The zero-order valence-electron chi connectivity index (χ0n) is 27.2. The Morgan fingerprint density at radius 3 is 1.31 bits per heavy atom. The standard InChI is InChI=1S/C42H36N2O4/c1-3-5-23-43-31(21-19-27-11-7-9-13-35(27)43)25-33-39(45)37(40(33)46)29-15-17-30(18-16-29)38-41(47)34(42(38)48)26-32-22-20-28-12-8-10-14-36(28)44(32)24-6-4-2/h7-22,25-26H,3-6,23-24H2,1-2H3/p+2. The SMILES string of the molecule is CCCC[n+]1c(/C=C2/C(=O)C(c3ccc(C4=C(O)/C(=C\c5ccc6ccccc6[n+]5CCCC)C4=O)cc3)=C2O)ccc2ccccc21. The summed E-state index contributed by atoms with van der Waals surface area (Å²) in [6, 6.07) is 31.2. The molecule has 6 nitrogen and oxygen atoms in total. The Morgan fingerprint density at radius 1 is 0.542 bits per heavy atom. The molecule has 2 aromatic heterocycles.